The van der Waals surface area contributed by atoms with Gasteiger partial charge in [0.15, 0.2) is 0 Å². The van der Waals surface area contributed by atoms with Gasteiger partial charge in [0, 0.05) is 44.1 Å². The van der Waals surface area contributed by atoms with Gasteiger partial charge in [0.25, 0.3) is 0 Å². The van der Waals surface area contributed by atoms with Crippen molar-refractivity contribution >= 4 is 11.9 Å². The summed E-state index contributed by atoms with van der Waals surface area (Å²) in [6.07, 6.45) is 0.208. The van der Waals surface area contributed by atoms with Crippen molar-refractivity contribution < 1.29 is 9.90 Å². The summed E-state index contributed by atoms with van der Waals surface area (Å²) in [5, 5.41) is 8.68. The highest BCUT2D eigenvalue weighted by Gasteiger charge is 2.19. The SMILES string of the molecule is Cc1cc(C)nc(N2CCN(CCC(=O)O)CC2)n1. The third-order valence-corrected chi connectivity index (χ3v) is 3.27. The molecule has 0 spiro atoms. The fourth-order valence-corrected chi connectivity index (χ4v) is 2.27. The van der Waals surface area contributed by atoms with Crippen LogP contribution in [0.15, 0.2) is 6.07 Å². The lowest BCUT2D eigenvalue weighted by atomic mass is 10.3. The van der Waals surface area contributed by atoms with Gasteiger partial charge in [-0.1, -0.05) is 0 Å². The van der Waals surface area contributed by atoms with Crippen LogP contribution in [-0.2, 0) is 4.79 Å². The lowest BCUT2D eigenvalue weighted by molar-refractivity contribution is -0.137. The third kappa shape index (κ3) is 3.89. The maximum Gasteiger partial charge on any atom is 0.304 e. The van der Waals surface area contributed by atoms with E-state index < -0.39 is 5.97 Å². The summed E-state index contributed by atoms with van der Waals surface area (Å²) in [7, 11) is 0. The lowest BCUT2D eigenvalue weighted by Crippen LogP contribution is -2.47. The molecule has 0 saturated carbocycles. The molecule has 1 fully saturated rings. The van der Waals surface area contributed by atoms with E-state index in [9.17, 15) is 4.79 Å². The normalized spacial score (nSPS) is 16.6. The van der Waals surface area contributed by atoms with Gasteiger partial charge in [-0.3, -0.25) is 9.69 Å². The first kappa shape index (κ1) is 13.7. The first-order chi connectivity index (χ1) is 9.04. The summed E-state index contributed by atoms with van der Waals surface area (Å²) in [4.78, 5) is 23.8. The monoisotopic (exact) mass is 264 g/mol. The second kappa shape index (κ2) is 5.97. The Hall–Kier alpha value is -1.69. The number of aromatic nitrogens is 2. The Morgan fingerprint density at radius 3 is 2.32 bits per heavy atom. The molecule has 0 amide bonds. The van der Waals surface area contributed by atoms with E-state index in [-0.39, 0.29) is 6.42 Å². The Balaban J connectivity index is 1.90. The molecule has 0 atom stereocenters. The third-order valence-electron chi connectivity index (χ3n) is 3.27. The second-order valence-corrected chi connectivity index (χ2v) is 4.92. The fraction of sp³-hybridized carbons (Fsp3) is 0.615. The van der Waals surface area contributed by atoms with Crippen molar-refractivity contribution in [3.05, 3.63) is 17.5 Å². The van der Waals surface area contributed by atoms with Gasteiger partial charge in [-0.15, -0.1) is 0 Å². The van der Waals surface area contributed by atoms with Crippen molar-refractivity contribution in [1.29, 1.82) is 0 Å². The van der Waals surface area contributed by atoms with Crippen LogP contribution in [0.5, 0.6) is 0 Å². The maximum absolute atomic E-state index is 10.5. The molecule has 1 aliphatic rings. The lowest BCUT2D eigenvalue weighted by Gasteiger charge is -2.34. The molecule has 0 radical (unpaired) electrons. The van der Waals surface area contributed by atoms with Crippen LogP contribution in [0.4, 0.5) is 5.95 Å². The van der Waals surface area contributed by atoms with Crippen molar-refractivity contribution in [3.8, 4) is 0 Å². The molecule has 0 bridgehead atoms. The Labute approximate surface area is 113 Å². The zero-order valence-electron chi connectivity index (χ0n) is 11.5. The van der Waals surface area contributed by atoms with E-state index >= 15 is 0 Å². The van der Waals surface area contributed by atoms with Crippen LogP contribution in [0.3, 0.4) is 0 Å². The first-order valence-electron chi connectivity index (χ1n) is 6.56. The van der Waals surface area contributed by atoms with Gasteiger partial charge < -0.3 is 10.0 Å². The van der Waals surface area contributed by atoms with E-state index in [4.69, 9.17) is 5.11 Å². The van der Waals surface area contributed by atoms with Gasteiger partial charge in [-0.2, -0.15) is 0 Å². The average molecular weight is 264 g/mol. The summed E-state index contributed by atoms with van der Waals surface area (Å²) < 4.78 is 0. The zero-order chi connectivity index (χ0) is 13.8. The van der Waals surface area contributed by atoms with E-state index in [1.165, 1.54) is 0 Å². The predicted molar refractivity (Wildman–Crippen MR) is 72.4 cm³/mol. The van der Waals surface area contributed by atoms with Gasteiger partial charge in [0.2, 0.25) is 5.95 Å². The summed E-state index contributed by atoms with van der Waals surface area (Å²) in [6, 6.07) is 1.96. The van der Waals surface area contributed by atoms with Crippen LogP contribution < -0.4 is 4.90 Å². The van der Waals surface area contributed by atoms with Gasteiger partial charge in [0.1, 0.15) is 0 Å². The van der Waals surface area contributed by atoms with Crippen LogP contribution in [0.1, 0.15) is 17.8 Å². The molecule has 1 aromatic rings. The quantitative estimate of drug-likeness (QED) is 0.863. The van der Waals surface area contributed by atoms with Gasteiger partial charge in [-0.25, -0.2) is 9.97 Å². The molecule has 2 rings (SSSR count). The van der Waals surface area contributed by atoms with Crippen LogP contribution in [0.2, 0.25) is 0 Å². The van der Waals surface area contributed by atoms with Gasteiger partial charge in [-0.05, 0) is 19.9 Å². The summed E-state index contributed by atoms with van der Waals surface area (Å²) in [5.74, 6) is 0.0513. The van der Waals surface area contributed by atoms with Crippen molar-refractivity contribution in [2.24, 2.45) is 0 Å². The van der Waals surface area contributed by atoms with Crippen LogP contribution in [0, 0.1) is 13.8 Å². The van der Waals surface area contributed by atoms with E-state index in [1.807, 2.05) is 19.9 Å². The molecule has 1 saturated heterocycles. The number of anilines is 1. The first-order valence-corrected chi connectivity index (χ1v) is 6.56. The molecule has 104 valence electrons. The average Bonchev–Trinajstić information content (AvgIpc) is 2.36. The molecule has 6 nitrogen and oxygen atoms in total. The van der Waals surface area contributed by atoms with Crippen molar-refractivity contribution in [1.82, 2.24) is 14.9 Å². The number of carboxylic acid groups (broad SMARTS) is 1. The number of nitrogens with zero attached hydrogens (tertiary/aromatic N) is 4. The molecule has 6 heteroatoms. The predicted octanol–water partition coefficient (Wildman–Crippen LogP) is 0.690. The molecule has 1 N–H and O–H groups in total. The van der Waals surface area contributed by atoms with E-state index in [0.29, 0.717) is 6.54 Å². The molecule has 1 aromatic heterocycles. The number of aryl methyl sites for hydroxylation is 2. The number of carboxylic acids is 1. The van der Waals surface area contributed by atoms with Gasteiger partial charge >= 0.3 is 5.97 Å². The minimum atomic E-state index is -0.736. The van der Waals surface area contributed by atoms with Crippen LogP contribution >= 0.6 is 0 Å². The minimum absolute atomic E-state index is 0.208. The maximum atomic E-state index is 10.5. The van der Waals surface area contributed by atoms with Gasteiger partial charge in [0.05, 0.1) is 6.42 Å². The summed E-state index contributed by atoms with van der Waals surface area (Å²) >= 11 is 0. The molecule has 2 heterocycles. The molecule has 0 aromatic carbocycles. The molecular formula is C13H20N4O2. The van der Waals surface area contributed by atoms with Crippen LogP contribution in [0.25, 0.3) is 0 Å². The minimum Gasteiger partial charge on any atom is -0.481 e. The van der Waals surface area contributed by atoms with Crippen molar-refractivity contribution in [3.63, 3.8) is 0 Å². The Kier molecular flexibility index (Phi) is 4.31. The summed E-state index contributed by atoms with van der Waals surface area (Å²) in [5.41, 5.74) is 1.96. The molecule has 1 aliphatic heterocycles. The molecular weight excluding hydrogens is 244 g/mol. The van der Waals surface area contributed by atoms with Crippen molar-refractivity contribution in [2.75, 3.05) is 37.6 Å². The molecule has 0 unspecified atom stereocenters. The highest BCUT2D eigenvalue weighted by Crippen LogP contribution is 2.12. The zero-order valence-corrected chi connectivity index (χ0v) is 11.5. The second-order valence-electron chi connectivity index (χ2n) is 4.92. The number of piperazine rings is 1. The number of carbonyl (C=O) groups is 1. The highest BCUT2D eigenvalue weighted by molar-refractivity contribution is 5.66. The van der Waals surface area contributed by atoms with E-state index in [0.717, 1.165) is 43.5 Å². The Bertz CT molecular complexity index is 436. The Morgan fingerprint density at radius 1 is 1.21 bits per heavy atom. The largest absolute Gasteiger partial charge is 0.481 e. The topological polar surface area (TPSA) is 69.6 Å². The number of rotatable bonds is 4. The van der Waals surface area contributed by atoms with Crippen LogP contribution in [-0.4, -0.2) is 58.7 Å². The molecule has 19 heavy (non-hydrogen) atoms. The van der Waals surface area contributed by atoms with E-state index in [1.54, 1.807) is 0 Å². The standard InChI is InChI=1S/C13H20N4O2/c1-10-9-11(2)15-13(14-10)17-7-5-16(6-8-17)4-3-12(18)19/h9H,3-8H2,1-2H3,(H,18,19). The fourth-order valence-electron chi connectivity index (χ4n) is 2.27. The van der Waals surface area contributed by atoms with E-state index in [2.05, 4.69) is 19.8 Å². The number of hydrogen-bond donors (Lipinski definition) is 1. The summed E-state index contributed by atoms with van der Waals surface area (Å²) in [6.45, 7) is 8.00. The number of hydrogen-bond acceptors (Lipinski definition) is 5. The molecule has 0 aliphatic carbocycles. The smallest absolute Gasteiger partial charge is 0.304 e. The Morgan fingerprint density at radius 2 is 1.79 bits per heavy atom. The van der Waals surface area contributed by atoms with Crippen molar-refractivity contribution in [2.45, 2.75) is 20.3 Å². The number of aliphatic carboxylic acids is 1. The highest BCUT2D eigenvalue weighted by atomic mass is 16.4.